The van der Waals surface area contributed by atoms with Crippen molar-refractivity contribution in [3.05, 3.63) is 18.2 Å². The molecule has 0 unspecified atom stereocenters. The van der Waals surface area contributed by atoms with Gasteiger partial charge in [-0.3, -0.25) is 0 Å². The maximum Gasteiger partial charge on any atom is 0.0921 e. The van der Waals surface area contributed by atoms with Crippen LogP contribution in [-0.2, 0) is 0 Å². The molecule has 2 heteroatoms. The molecule has 0 saturated heterocycles. The summed E-state index contributed by atoms with van der Waals surface area (Å²) in [6.45, 7) is 6.79. The lowest BCUT2D eigenvalue weighted by atomic mass is 9.91. The van der Waals surface area contributed by atoms with Crippen LogP contribution in [0, 0.1) is 23.2 Å². The first-order chi connectivity index (χ1) is 7.56. The molecular formula is C14H20N2. The normalized spacial score (nSPS) is 23.7. The number of rotatable bonds is 2. The van der Waals surface area contributed by atoms with Gasteiger partial charge in [-0.25, -0.2) is 4.98 Å². The quantitative estimate of drug-likeness (QED) is 0.755. The number of imidazole rings is 1. The number of nitrogens with one attached hydrogen (secondary N) is 1. The van der Waals surface area contributed by atoms with E-state index in [1.807, 2.05) is 6.20 Å². The van der Waals surface area contributed by atoms with Gasteiger partial charge in [-0.05, 0) is 18.3 Å². The number of aromatic nitrogens is 2. The Bertz CT molecular complexity index is 387. The first kappa shape index (κ1) is 11.3. The number of H-pyrrole nitrogens is 1. The Kier molecular flexibility index (Phi) is 3.05. The number of hydrogen-bond donors (Lipinski definition) is 1. The highest BCUT2D eigenvalue weighted by molar-refractivity contribution is 5.24. The van der Waals surface area contributed by atoms with E-state index in [0.29, 0.717) is 17.3 Å². The van der Waals surface area contributed by atoms with Crippen molar-refractivity contribution in [1.29, 1.82) is 0 Å². The molecule has 1 aromatic heterocycles. The smallest absolute Gasteiger partial charge is 0.0921 e. The monoisotopic (exact) mass is 216 g/mol. The van der Waals surface area contributed by atoms with Crippen molar-refractivity contribution in [2.45, 2.75) is 46.0 Å². The standard InChI is InChI=1S/C14H20N2/c1-14(2,3)7-5-4-6-11-8-12(11)13-9-15-10-16-13/h9-12H,5,7-8H2,1-3H3,(H,15,16)/t11-,12+/m1/s1. The van der Waals surface area contributed by atoms with Crippen LogP contribution in [0.5, 0.6) is 0 Å². The summed E-state index contributed by atoms with van der Waals surface area (Å²) in [5.41, 5.74) is 1.65. The van der Waals surface area contributed by atoms with E-state index in [2.05, 4.69) is 42.6 Å². The Hall–Kier alpha value is -1.23. The molecule has 86 valence electrons. The number of nitrogens with zero attached hydrogens (tertiary/aromatic N) is 1. The van der Waals surface area contributed by atoms with Gasteiger partial charge in [0.1, 0.15) is 0 Å². The predicted octanol–water partition coefficient (Wildman–Crippen LogP) is 3.34. The second-order valence-electron chi connectivity index (χ2n) is 5.84. The van der Waals surface area contributed by atoms with Gasteiger partial charge < -0.3 is 4.98 Å². The number of aromatic amines is 1. The van der Waals surface area contributed by atoms with Crippen molar-refractivity contribution in [3.63, 3.8) is 0 Å². The van der Waals surface area contributed by atoms with Gasteiger partial charge in [0.2, 0.25) is 0 Å². The summed E-state index contributed by atoms with van der Waals surface area (Å²) >= 11 is 0. The summed E-state index contributed by atoms with van der Waals surface area (Å²) in [5, 5.41) is 0. The van der Waals surface area contributed by atoms with Crippen molar-refractivity contribution in [3.8, 4) is 11.8 Å². The Morgan fingerprint density at radius 3 is 2.94 bits per heavy atom. The molecule has 1 aromatic rings. The highest BCUT2D eigenvalue weighted by Gasteiger charge is 2.37. The van der Waals surface area contributed by atoms with Crippen molar-refractivity contribution < 1.29 is 0 Å². The second kappa shape index (κ2) is 4.33. The van der Waals surface area contributed by atoms with E-state index in [4.69, 9.17) is 0 Å². The van der Waals surface area contributed by atoms with E-state index in [-0.39, 0.29) is 0 Å². The van der Waals surface area contributed by atoms with E-state index in [0.717, 1.165) is 6.42 Å². The van der Waals surface area contributed by atoms with Crippen LogP contribution in [-0.4, -0.2) is 9.97 Å². The zero-order valence-corrected chi connectivity index (χ0v) is 10.4. The fraction of sp³-hybridized carbons (Fsp3) is 0.643. The molecule has 16 heavy (non-hydrogen) atoms. The minimum absolute atomic E-state index is 0.404. The first-order valence-corrected chi connectivity index (χ1v) is 6.03. The van der Waals surface area contributed by atoms with Crippen LogP contribution in [0.2, 0.25) is 0 Å². The summed E-state index contributed by atoms with van der Waals surface area (Å²) < 4.78 is 0. The van der Waals surface area contributed by atoms with Gasteiger partial charge in [-0.2, -0.15) is 0 Å². The molecule has 0 aliphatic heterocycles. The van der Waals surface area contributed by atoms with Crippen molar-refractivity contribution in [1.82, 2.24) is 9.97 Å². The summed E-state index contributed by atoms with van der Waals surface area (Å²) in [7, 11) is 0. The molecule has 0 aromatic carbocycles. The van der Waals surface area contributed by atoms with Gasteiger partial charge in [0.05, 0.1) is 6.33 Å². The molecule has 1 heterocycles. The third kappa shape index (κ3) is 3.13. The molecule has 2 atom stereocenters. The Morgan fingerprint density at radius 2 is 2.31 bits per heavy atom. The van der Waals surface area contributed by atoms with Gasteiger partial charge in [0.25, 0.3) is 0 Å². The minimum atomic E-state index is 0.404. The van der Waals surface area contributed by atoms with Crippen molar-refractivity contribution >= 4 is 0 Å². The average molecular weight is 216 g/mol. The van der Waals surface area contributed by atoms with E-state index in [1.165, 1.54) is 18.5 Å². The Morgan fingerprint density at radius 1 is 1.50 bits per heavy atom. The molecule has 1 aliphatic rings. The van der Waals surface area contributed by atoms with Crippen LogP contribution in [0.15, 0.2) is 12.5 Å². The Labute approximate surface area is 97.9 Å². The maximum absolute atomic E-state index is 4.04. The zero-order chi connectivity index (χ0) is 11.6. The number of hydrogen-bond acceptors (Lipinski definition) is 1. The summed E-state index contributed by atoms with van der Waals surface area (Å²) in [6.07, 6.45) is 7.07. The highest BCUT2D eigenvalue weighted by atomic mass is 14.9. The van der Waals surface area contributed by atoms with E-state index >= 15 is 0 Å². The van der Waals surface area contributed by atoms with Gasteiger partial charge in [0, 0.05) is 30.1 Å². The molecule has 0 bridgehead atoms. The van der Waals surface area contributed by atoms with E-state index in [9.17, 15) is 0 Å². The third-order valence-corrected chi connectivity index (χ3v) is 3.00. The molecular weight excluding hydrogens is 196 g/mol. The molecule has 1 saturated carbocycles. The topological polar surface area (TPSA) is 28.7 Å². The van der Waals surface area contributed by atoms with Crippen LogP contribution in [0.3, 0.4) is 0 Å². The molecule has 0 radical (unpaired) electrons. The lowest BCUT2D eigenvalue weighted by Gasteiger charge is -2.15. The fourth-order valence-corrected chi connectivity index (χ4v) is 1.81. The van der Waals surface area contributed by atoms with Crippen LogP contribution in [0.25, 0.3) is 0 Å². The van der Waals surface area contributed by atoms with Crippen molar-refractivity contribution in [2.75, 3.05) is 0 Å². The fourth-order valence-electron chi connectivity index (χ4n) is 1.81. The lowest BCUT2D eigenvalue weighted by molar-refractivity contribution is 0.384. The van der Waals surface area contributed by atoms with Gasteiger partial charge >= 0.3 is 0 Å². The second-order valence-corrected chi connectivity index (χ2v) is 5.84. The van der Waals surface area contributed by atoms with Crippen molar-refractivity contribution in [2.24, 2.45) is 11.3 Å². The molecule has 2 rings (SSSR count). The lowest BCUT2D eigenvalue weighted by Crippen LogP contribution is -2.03. The van der Waals surface area contributed by atoms with Crippen LogP contribution in [0.1, 0.15) is 51.6 Å². The molecule has 1 fully saturated rings. The molecule has 2 nitrogen and oxygen atoms in total. The van der Waals surface area contributed by atoms with E-state index in [1.54, 1.807) is 6.33 Å². The van der Waals surface area contributed by atoms with Crippen LogP contribution in [0.4, 0.5) is 0 Å². The molecule has 0 spiro atoms. The maximum atomic E-state index is 4.04. The third-order valence-electron chi connectivity index (χ3n) is 3.00. The molecule has 1 aliphatic carbocycles. The summed E-state index contributed by atoms with van der Waals surface area (Å²) in [5.74, 6) is 7.87. The summed E-state index contributed by atoms with van der Waals surface area (Å²) in [6, 6.07) is 0. The van der Waals surface area contributed by atoms with Gasteiger partial charge in [-0.15, -0.1) is 5.92 Å². The Balaban J connectivity index is 1.75. The molecule has 0 amide bonds. The van der Waals surface area contributed by atoms with Gasteiger partial charge in [0.15, 0.2) is 0 Å². The highest BCUT2D eigenvalue weighted by Crippen LogP contribution is 2.45. The van der Waals surface area contributed by atoms with E-state index < -0.39 is 0 Å². The molecule has 1 N–H and O–H groups in total. The largest absolute Gasteiger partial charge is 0.348 e. The first-order valence-electron chi connectivity index (χ1n) is 6.03. The average Bonchev–Trinajstić information content (AvgIpc) is 2.75. The van der Waals surface area contributed by atoms with Gasteiger partial charge in [-0.1, -0.05) is 26.7 Å². The van der Waals surface area contributed by atoms with Crippen LogP contribution >= 0.6 is 0 Å². The van der Waals surface area contributed by atoms with Crippen LogP contribution < -0.4 is 0 Å². The minimum Gasteiger partial charge on any atom is -0.348 e. The SMILES string of the molecule is CC(C)(C)CCC#C[C@@H]1C[C@@H]1c1cnc[nH]1. The predicted molar refractivity (Wildman–Crippen MR) is 65.9 cm³/mol. The summed E-state index contributed by atoms with van der Waals surface area (Å²) in [4.78, 5) is 7.21. The zero-order valence-electron chi connectivity index (χ0n) is 10.4.